The van der Waals surface area contributed by atoms with Crippen molar-refractivity contribution in [1.29, 1.82) is 0 Å². The molecule has 3 rings (SSSR count). The molecule has 0 unspecified atom stereocenters. The number of ether oxygens (including phenoxy) is 1. The first kappa shape index (κ1) is 17.2. The van der Waals surface area contributed by atoms with Crippen molar-refractivity contribution in [3.05, 3.63) is 23.8 Å². The molecule has 0 saturated heterocycles. The van der Waals surface area contributed by atoms with Crippen LogP contribution in [-0.4, -0.2) is 35.6 Å². The van der Waals surface area contributed by atoms with Crippen molar-refractivity contribution in [2.75, 3.05) is 13.2 Å². The van der Waals surface area contributed by atoms with Gasteiger partial charge in [0.05, 0.1) is 18.8 Å². The van der Waals surface area contributed by atoms with Gasteiger partial charge in [-0.1, -0.05) is 36.6 Å². The Hall–Kier alpha value is -0.640. The Morgan fingerprint density at radius 3 is 2.78 bits per heavy atom. The molecule has 3 heteroatoms. The highest BCUT2D eigenvalue weighted by Crippen LogP contribution is 2.50. The molecule has 3 nitrogen and oxygen atoms in total. The summed E-state index contributed by atoms with van der Waals surface area (Å²) < 4.78 is 5.43. The summed E-state index contributed by atoms with van der Waals surface area (Å²) in [7, 11) is 0. The van der Waals surface area contributed by atoms with Crippen molar-refractivity contribution in [3.8, 4) is 0 Å². The Kier molecular flexibility index (Phi) is 5.95. The maximum atomic E-state index is 10.4. The highest BCUT2D eigenvalue weighted by atomic mass is 16.5. The lowest BCUT2D eigenvalue weighted by molar-refractivity contribution is 0.135. The van der Waals surface area contributed by atoms with E-state index < -0.39 is 0 Å². The second kappa shape index (κ2) is 7.96. The van der Waals surface area contributed by atoms with Gasteiger partial charge >= 0.3 is 0 Å². The summed E-state index contributed by atoms with van der Waals surface area (Å²) >= 11 is 0. The number of hydrogen-bond acceptors (Lipinski definition) is 3. The molecule has 2 N–H and O–H groups in total. The van der Waals surface area contributed by atoms with Gasteiger partial charge in [0, 0.05) is 12.5 Å². The van der Waals surface area contributed by atoms with E-state index in [1.807, 2.05) is 13.0 Å². The van der Waals surface area contributed by atoms with E-state index >= 15 is 0 Å². The molecule has 0 spiro atoms. The number of aliphatic hydroxyl groups is 2. The van der Waals surface area contributed by atoms with Gasteiger partial charge in [-0.05, 0) is 56.8 Å². The Labute approximate surface area is 140 Å². The van der Waals surface area contributed by atoms with Crippen molar-refractivity contribution in [2.24, 2.45) is 23.7 Å². The predicted octanol–water partition coefficient (Wildman–Crippen LogP) is 3.46. The summed E-state index contributed by atoms with van der Waals surface area (Å²) in [6, 6.07) is 0. The van der Waals surface area contributed by atoms with E-state index in [4.69, 9.17) is 4.74 Å². The Bertz CT molecular complexity index is 436. The third-order valence-corrected chi connectivity index (χ3v) is 6.22. The molecule has 3 aliphatic carbocycles. The first-order chi connectivity index (χ1) is 11.2. The second-order valence-electron chi connectivity index (χ2n) is 7.65. The molecule has 0 aromatic heterocycles. The molecule has 0 heterocycles. The van der Waals surface area contributed by atoms with Gasteiger partial charge in [0.25, 0.3) is 0 Å². The van der Waals surface area contributed by atoms with Crippen LogP contribution in [0.3, 0.4) is 0 Å². The lowest BCUT2D eigenvalue weighted by atomic mass is 9.89. The zero-order chi connectivity index (χ0) is 16.2. The highest BCUT2D eigenvalue weighted by Gasteiger charge is 2.45. The number of rotatable bonds is 6. The van der Waals surface area contributed by atoms with Gasteiger partial charge < -0.3 is 14.9 Å². The van der Waals surface area contributed by atoms with E-state index in [1.165, 1.54) is 18.4 Å². The zero-order valence-electron chi connectivity index (χ0n) is 14.4. The number of hydrogen-bond donors (Lipinski definition) is 2. The molecule has 0 aromatic rings. The summed E-state index contributed by atoms with van der Waals surface area (Å²) in [6.07, 6.45) is 13.7. The first-order valence-electron chi connectivity index (χ1n) is 9.49. The van der Waals surface area contributed by atoms with E-state index in [0.717, 1.165) is 38.7 Å². The van der Waals surface area contributed by atoms with Crippen molar-refractivity contribution in [3.63, 3.8) is 0 Å². The fourth-order valence-corrected chi connectivity index (χ4v) is 4.93. The third-order valence-electron chi connectivity index (χ3n) is 6.22. The van der Waals surface area contributed by atoms with Gasteiger partial charge in [-0.2, -0.15) is 0 Å². The van der Waals surface area contributed by atoms with Crippen LogP contribution in [0.1, 0.15) is 51.9 Å². The van der Waals surface area contributed by atoms with Gasteiger partial charge in [0.15, 0.2) is 0 Å². The van der Waals surface area contributed by atoms with Crippen LogP contribution in [0.4, 0.5) is 0 Å². The largest absolute Gasteiger partial charge is 0.392 e. The number of allylic oxidation sites excluding steroid dienone is 1. The van der Waals surface area contributed by atoms with Crippen LogP contribution in [0.25, 0.3) is 0 Å². The Morgan fingerprint density at radius 2 is 2.04 bits per heavy atom. The average Bonchev–Trinajstić information content (AvgIpc) is 3.22. The van der Waals surface area contributed by atoms with Crippen LogP contribution >= 0.6 is 0 Å². The summed E-state index contributed by atoms with van der Waals surface area (Å²) in [4.78, 5) is 0. The number of aliphatic hydroxyl groups excluding tert-OH is 2. The van der Waals surface area contributed by atoms with Crippen LogP contribution < -0.4 is 0 Å². The monoisotopic (exact) mass is 320 g/mol. The van der Waals surface area contributed by atoms with Gasteiger partial charge in [-0.3, -0.25) is 0 Å². The summed E-state index contributed by atoms with van der Waals surface area (Å²) in [5.74, 6) is 1.81. The van der Waals surface area contributed by atoms with Crippen molar-refractivity contribution < 1.29 is 14.9 Å². The SMILES string of the molecule is CCOCC=C1C[C@H]2C[C@@H](O)[C@H](C=C[C@@H](O)C3CCCC3)[C@H]2C1. The summed E-state index contributed by atoms with van der Waals surface area (Å²) in [5.41, 5.74) is 1.50. The average molecular weight is 320 g/mol. The molecular formula is C20H32O3. The van der Waals surface area contributed by atoms with Crippen LogP contribution in [-0.2, 0) is 4.74 Å². The first-order valence-corrected chi connectivity index (χ1v) is 9.49. The molecule has 3 aliphatic rings. The molecule has 0 amide bonds. The molecular weight excluding hydrogens is 288 g/mol. The standard InChI is InChI=1S/C20H32O3/c1-2-23-10-9-14-11-16-13-20(22)17(18(16)12-14)7-8-19(21)15-5-3-4-6-15/h7-9,15-22H,2-6,10-13H2,1H3/t16-,17+,18-,19+,20+/m0/s1. The van der Waals surface area contributed by atoms with E-state index in [0.29, 0.717) is 24.4 Å². The van der Waals surface area contributed by atoms with E-state index in [-0.39, 0.29) is 18.1 Å². The molecule has 5 atom stereocenters. The number of fused-ring (bicyclic) bond motifs is 1. The molecule has 0 radical (unpaired) electrons. The van der Waals surface area contributed by atoms with Crippen LogP contribution in [0.2, 0.25) is 0 Å². The molecule has 3 fully saturated rings. The quantitative estimate of drug-likeness (QED) is 0.582. The van der Waals surface area contributed by atoms with E-state index in [9.17, 15) is 10.2 Å². The molecule has 23 heavy (non-hydrogen) atoms. The molecule has 0 bridgehead atoms. The minimum absolute atomic E-state index is 0.217. The minimum atomic E-state index is -0.321. The van der Waals surface area contributed by atoms with Crippen molar-refractivity contribution in [1.82, 2.24) is 0 Å². The van der Waals surface area contributed by atoms with E-state index in [2.05, 4.69) is 12.2 Å². The van der Waals surface area contributed by atoms with Crippen molar-refractivity contribution >= 4 is 0 Å². The van der Waals surface area contributed by atoms with E-state index in [1.54, 1.807) is 0 Å². The smallest absolute Gasteiger partial charge is 0.0749 e. The fourth-order valence-electron chi connectivity index (χ4n) is 4.93. The van der Waals surface area contributed by atoms with Crippen LogP contribution in [0.5, 0.6) is 0 Å². The second-order valence-corrected chi connectivity index (χ2v) is 7.65. The lowest BCUT2D eigenvalue weighted by Gasteiger charge is -2.19. The van der Waals surface area contributed by atoms with Crippen molar-refractivity contribution in [2.45, 2.75) is 64.1 Å². The maximum Gasteiger partial charge on any atom is 0.0749 e. The Morgan fingerprint density at radius 1 is 1.26 bits per heavy atom. The highest BCUT2D eigenvalue weighted by molar-refractivity contribution is 5.18. The molecule has 0 aliphatic heterocycles. The third kappa shape index (κ3) is 4.07. The normalized spacial score (nSPS) is 38.0. The fraction of sp³-hybridized carbons (Fsp3) is 0.800. The van der Waals surface area contributed by atoms with Gasteiger partial charge in [-0.15, -0.1) is 0 Å². The van der Waals surface area contributed by atoms with Crippen LogP contribution in [0.15, 0.2) is 23.8 Å². The Balaban J connectivity index is 1.57. The topological polar surface area (TPSA) is 49.7 Å². The summed E-state index contributed by atoms with van der Waals surface area (Å²) in [5, 5.41) is 20.7. The molecule has 3 saturated carbocycles. The zero-order valence-corrected chi connectivity index (χ0v) is 14.4. The summed E-state index contributed by atoms with van der Waals surface area (Å²) in [6.45, 7) is 3.50. The van der Waals surface area contributed by atoms with Crippen LogP contribution in [0, 0.1) is 23.7 Å². The predicted molar refractivity (Wildman–Crippen MR) is 92.0 cm³/mol. The minimum Gasteiger partial charge on any atom is -0.392 e. The van der Waals surface area contributed by atoms with Gasteiger partial charge in [0.1, 0.15) is 0 Å². The van der Waals surface area contributed by atoms with Gasteiger partial charge in [0.2, 0.25) is 0 Å². The van der Waals surface area contributed by atoms with Gasteiger partial charge in [-0.25, -0.2) is 0 Å². The maximum absolute atomic E-state index is 10.4. The molecule has 130 valence electrons. The lowest BCUT2D eigenvalue weighted by Crippen LogP contribution is -2.19. The molecule has 0 aromatic carbocycles.